The van der Waals surface area contributed by atoms with Crippen molar-refractivity contribution in [1.82, 2.24) is 15.3 Å². The average Bonchev–Trinajstić information content (AvgIpc) is 2.45. The Hall–Kier alpha value is -2.17. The Morgan fingerprint density at radius 2 is 2.05 bits per heavy atom. The second-order valence-electron chi connectivity index (χ2n) is 5.82. The molecule has 1 amide bonds. The Balaban J connectivity index is 2.07. The Morgan fingerprint density at radius 3 is 2.76 bits per heavy atom. The largest absolute Gasteiger partial charge is 0.351 e. The van der Waals surface area contributed by atoms with Crippen LogP contribution in [0.25, 0.3) is 10.9 Å². The zero-order valence-electron chi connectivity index (χ0n) is 12.7. The monoisotopic (exact) mass is 287 g/mol. The van der Waals surface area contributed by atoms with E-state index in [9.17, 15) is 9.59 Å². The Labute approximate surface area is 123 Å². The zero-order chi connectivity index (χ0) is 15.5. The van der Waals surface area contributed by atoms with E-state index in [0.29, 0.717) is 29.6 Å². The molecular formula is C16H21N3O2. The van der Waals surface area contributed by atoms with Crippen LogP contribution < -0.4 is 10.9 Å². The van der Waals surface area contributed by atoms with E-state index in [2.05, 4.69) is 15.3 Å². The molecule has 21 heavy (non-hydrogen) atoms. The smallest absolute Gasteiger partial charge is 0.258 e. The Bertz CT molecular complexity index is 704. The number of rotatable bonds is 5. The fourth-order valence-corrected chi connectivity index (χ4v) is 2.01. The highest BCUT2D eigenvalue weighted by molar-refractivity contribution is 5.78. The minimum absolute atomic E-state index is 0.0299. The van der Waals surface area contributed by atoms with Gasteiger partial charge in [0, 0.05) is 18.4 Å². The maximum atomic E-state index is 11.9. The van der Waals surface area contributed by atoms with E-state index in [1.165, 1.54) is 0 Å². The van der Waals surface area contributed by atoms with Crippen molar-refractivity contribution in [2.45, 2.75) is 45.6 Å². The number of nitrogens with one attached hydrogen (secondary N) is 2. The lowest BCUT2D eigenvalue weighted by Gasteiger charge is -2.24. The van der Waals surface area contributed by atoms with E-state index in [1.54, 1.807) is 18.2 Å². The first kappa shape index (κ1) is 15.2. The van der Waals surface area contributed by atoms with Crippen LogP contribution >= 0.6 is 0 Å². The van der Waals surface area contributed by atoms with Crippen molar-refractivity contribution >= 4 is 16.8 Å². The highest BCUT2D eigenvalue weighted by atomic mass is 16.1. The number of aryl methyl sites for hydroxylation is 1. The van der Waals surface area contributed by atoms with Crippen molar-refractivity contribution in [1.29, 1.82) is 0 Å². The van der Waals surface area contributed by atoms with Gasteiger partial charge in [-0.15, -0.1) is 0 Å². The summed E-state index contributed by atoms with van der Waals surface area (Å²) in [6.45, 7) is 6.00. The summed E-state index contributed by atoms with van der Waals surface area (Å²) in [5, 5.41) is 3.54. The summed E-state index contributed by atoms with van der Waals surface area (Å²) < 4.78 is 0. The van der Waals surface area contributed by atoms with Crippen LogP contribution in [-0.4, -0.2) is 21.4 Å². The van der Waals surface area contributed by atoms with E-state index < -0.39 is 0 Å². The van der Waals surface area contributed by atoms with Gasteiger partial charge in [0.15, 0.2) is 0 Å². The van der Waals surface area contributed by atoms with Crippen molar-refractivity contribution in [3.63, 3.8) is 0 Å². The second kappa shape index (κ2) is 6.08. The molecule has 5 nitrogen and oxygen atoms in total. The lowest BCUT2D eigenvalue weighted by molar-refractivity contribution is -0.122. The van der Waals surface area contributed by atoms with Gasteiger partial charge >= 0.3 is 0 Å². The van der Waals surface area contributed by atoms with E-state index >= 15 is 0 Å². The minimum atomic E-state index is -0.207. The number of carbonyl (C=O) groups excluding carboxylic acids is 1. The van der Waals surface area contributed by atoms with Gasteiger partial charge < -0.3 is 10.3 Å². The molecule has 0 radical (unpaired) electrons. The topological polar surface area (TPSA) is 74.8 Å². The first-order chi connectivity index (χ1) is 9.91. The van der Waals surface area contributed by atoms with Gasteiger partial charge in [0.25, 0.3) is 5.56 Å². The molecule has 0 aliphatic heterocycles. The number of carbonyl (C=O) groups is 1. The summed E-state index contributed by atoms with van der Waals surface area (Å²) >= 11 is 0. The van der Waals surface area contributed by atoms with Crippen LogP contribution in [0.15, 0.2) is 29.1 Å². The first-order valence-corrected chi connectivity index (χ1v) is 7.20. The average molecular weight is 287 g/mol. The van der Waals surface area contributed by atoms with Crippen LogP contribution in [0.2, 0.25) is 0 Å². The Morgan fingerprint density at radius 1 is 1.33 bits per heavy atom. The molecule has 1 aromatic heterocycles. The minimum Gasteiger partial charge on any atom is -0.351 e. The molecule has 0 bridgehead atoms. The lowest BCUT2D eigenvalue weighted by Crippen LogP contribution is -2.42. The number of nitrogens with zero attached hydrogens (tertiary/aromatic N) is 1. The van der Waals surface area contributed by atoms with E-state index in [1.807, 2.05) is 26.8 Å². The van der Waals surface area contributed by atoms with Crippen molar-refractivity contribution in [3.8, 4) is 0 Å². The summed E-state index contributed by atoms with van der Waals surface area (Å²) in [5.41, 5.74) is 0.289. The molecule has 0 spiro atoms. The van der Waals surface area contributed by atoms with Crippen molar-refractivity contribution in [2.24, 2.45) is 0 Å². The number of amides is 1. The third-order valence-electron chi connectivity index (χ3n) is 3.61. The number of aromatic nitrogens is 2. The van der Waals surface area contributed by atoms with Crippen LogP contribution in [0.4, 0.5) is 0 Å². The van der Waals surface area contributed by atoms with Crippen LogP contribution in [0.1, 0.15) is 39.4 Å². The van der Waals surface area contributed by atoms with Crippen LogP contribution in [0.3, 0.4) is 0 Å². The molecule has 2 N–H and O–H groups in total. The number of H-pyrrole nitrogens is 1. The highest BCUT2D eigenvalue weighted by Gasteiger charge is 2.17. The molecule has 5 heteroatoms. The summed E-state index contributed by atoms with van der Waals surface area (Å²) in [4.78, 5) is 31.0. The fraction of sp³-hybridized carbons (Fsp3) is 0.438. The zero-order valence-corrected chi connectivity index (χ0v) is 12.7. The SMILES string of the molecule is CCC(C)(C)NC(=O)CCc1nc2ccccc2c(=O)[nH]1. The quantitative estimate of drug-likeness (QED) is 0.885. The molecule has 2 rings (SSSR count). The third kappa shape index (κ3) is 3.90. The van der Waals surface area contributed by atoms with E-state index in [0.717, 1.165) is 6.42 Å². The molecule has 0 fully saturated rings. The van der Waals surface area contributed by atoms with Gasteiger partial charge in [-0.3, -0.25) is 9.59 Å². The normalized spacial score (nSPS) is 11.6. The number of para-hydroxylation sites is 1. The van der Waals surface area contributed by atoms with Crippen molar-refractivity contribution in [3.05, 3.63) is 40.4 Å². The summed E-state index contributed by atoms with van der Waals surface area (Å²) in [7, 11) is 0. The van der Waals surface area contributed by atoms with Crippen LogP contribution in [0.5, 0.6) is 0 Å². The number of benzene rings is 1. The maximum absolute atomic E-state index is 11.9. The summed E-state index contributed by atoms with van der Waals surface area (Å²) in [6.07, 6.45) is 1.60. The standard InChI is InChI=1S/C16H21N3O2/c1-4-16(2,3)19-14(20)10-9-13-17-12-8-6-5-7-11(12)15(21)18-13/h5-8H,4,9-10H2,1-3H3,(H,19,20)(H,17,18,21). The van der Waals surface area contributed by atoms with Crippen molar-refractivity contribution in [2.75, 3.05) is 0 Å². The molecule has 0 atom stereocenters. The van der Waals surface area contributed by atoms with Gasteiger partial charge in [0.05, 0.1) is 10.9 Å². The number of aromatic amines is 1. The lowest BCUT2D eigenvalue weighted by atomic mass is 10.0. The van der Waals surface area contributed by atoms with E-state index in [4.69, 9.17) is 0 Å². The predicted octanol–water partition coefficient (Wildman–Crippen LogP) is 2.16. The molecule has 0 saturated carbocycles. The molecule has 0 unspecified atom stereocenters. The van der Waals surface area contributed by atoms with Gasteiger partial charge in [-0.25, -0.2) is 4.98 Å². The van der Waals surface area contributed by atoms with Crippen molar-refractivity contribution < 1.29 is 4.79 Å². The molecule has 1 heterocycles. The molecule has 0 aliphatic carbocycles. The van der Waals surface area contributed by atoms with Gasteiger partial charge in [-0.1, -0.05) is 19.1 Å². The number of hydrogen-bond donors (Lipinski definition) is 2. The third-order valence-corrected chi connectivity index (χ3v) is 3.61. The van der Waals surface area contributed by atoms with Crippen LogP contribution in [0, 0.1) is 0 Å². The summed E-state index contributed by atoms with van der Waals surface area (Å²) in [5.74, 6) is 0.515. The highest BCUT2D eigenvalue weighted by Crippen LogP contribution is 2.09. The van der Waals surface area contributed by atoms with Gasteiger partial charge in [-0.2, -0.15) is 0 Å². The Kier molecular flexibility index (Phi) is 4.40. The number of fused-ring (bicyclic) bond motifs is 1. The summed E-state index contributed by atoms with van der Waals surface area (Å²) in [6, 6.07) is 7.18. The van der Waals surface area contributed by atoms with Gasteiger partial charge in [-0.05, 0) is 32.4 Å². The number of hydrogen-bond acceptors (Lipinski definition) is 3. The molecule has 0 aliphatic rings. The molecule has 112 valence electrons. The van der Waals surface area contributed by atoms with Crippen LogP contribution in [-0.2, 0) is 11.2 Å². The molecular weight excluding hydrogens is 266 g/mol. The second-order valence-corrected chi connectivity index (χ2v) is 5.82. The molecule has 0 saturated heterocycles. The first-order valence-electron chi connectivity index (χ1n) is 7.20. The predicted molar refractivity (Wildman–Crippen MR) is 83.2 cm³/mol. The molecule has 2 aromatic rings. The maximum Gasteiger partial charge on any atom is 0.258 e. The van der Waals surface area contributed by atoms with E-state index in [-0.39, 0.29) is 17.0 Å². The molecule has 1 aromatic carbocycles. The van der Waals surface area contributed by atoms with Gasteiger partial charge in [0.2, 0.25) is 5.91 Å². The van der Waals surface area contributed by atoms with Gasteiger partial charge in [0.1, 0.15) is 5.82 Å². The fourth-order valence-electron chi connectivity index (χ4n) is 2.01.